The molecule has 1 rings (SSSR count). The van der Waals surface area contributed by atoms with Crippen LogP contribution in [-0.2, 0) is 20.7 Å². The SMILES string of the molecule is COCCCNC(=O)CC(=O)NCCc1cccc(OC)c1. The lowest BCUT2D eigenvalue weighted by atomic mass is 10.1. The van der Waals surface area contributed by atoms with Gasteiger partial charge in [0.05, 0.1) is 7.11 Å². The molecule has 6 nitrogen and oxygen atoms in total. The van der Waals surface area contributed by atoms with Crippen molar-refractivity contribution in [3.8, 4) is 5.75 Å². The van der Waals surface area contributed by atoms with Crippen LogP contribution in [0.1, 0.15) is 18.4 Å². The van der Waals surface area contributed by atoms with Gasteiger partial charge in [-0.2, -0.15) is 0 Å². The molecule has 2 amide bonds. The molecule has 122 valence electrons. The Labute approximate surface area is 131 Å². The molecule has 2 N–H and O–H groups in total. The third kappa shape index (κ3) is 7.64. The lowest BCUT2D eigenvalue weighted by Crippen LogP contribution is -2.33. The summed E-state index contributed by atoms with van der Waals surface area (Å²) in [5.74, 6) is 0.251. The van der Waals surface area contributed by atoms with Crippen LogP contribution < -0.4 is 15.4 Å². The Bertz CT molecular complexity index is 477. The molecule has 0 spiro atoms. The molecule has 1 aromatic carbocycles. The van der Waals surface area contributed by atoms with Gasteiger partial charge in [0.25, 0.3) is 0 Å². The number of hydrogen-bond acceptors (Lipinski definition) is 4. The van der Waals surface area contributed by atoms with E-state index < -0.39 is 0 Å². The highest BCUT2D eigenvalue weighted by Crippen LogP contribution is 2.12. The first-order valence-corrected chi connectivity index (χ1v) is 7.31. The fraction of sp³-hybridized carbons (Fsp3) is 0.500. The topological polar surface area (TPSA) is 76.7 Å². The van der Waals surface area contributed by atoms with E-state index in [9.17, 15) is 9.59 Å². The van der Waals surface area contributed by atoms with E-state index in [2.05, 4.69) is 10.6 Å². The van der Waals surface area contributed by atoms with Crippen LogP contribution in [0.5, 0.6) is 5.75 Å². The van der Waals surface area contributed by atoms with Gasteiger partial charge in [0.2, 0.25) is 11.8 Å². The first-order chi connectivity index (χ1) is 10.7. The maximum absolute atomic E-state index is 11.6. The number of carbonyl (C=O) groups is 2. The molecule has 6 heteroatoms. The first-order valence-electron chi connectivity index (χ1n) is 7.31. The van der Waals surface area contributed by atoms with Gasteiger partial charge >= 0.3 is 0 Å². The molecule has 0 saturated heterocycles. The number of carbonyl (C=O) groups excluding carboxylic acids is 2. The summed E-state index contributed by atoms with van der Waals surface area (Å²) in [7, 11) is 3.23. The summed E-state index contributed by atoms with van der Waals surface area (Å²) < 4.78 is 10.0. The Morgan fingerprint density at radius 3 is 2.50 bits per heavy atom. The van der Waals surface area contributed by atoms with Gasteiger partial charge in [0.15, 0.2) is 0 Å². The molecule has 1 aromatic rings. The Morgan fingerprint density at radius 2 is 1.82 bits per heavy atom. The fourth-order valence-electron chi connectivity index (χ4n) is 1.89. The first kappa shape index (κ1) is 18.0. The zero-order valence-corrected chi connectivity index (χ0v) is 13.2. The van der Waals surface area contributed by atoms with Gasteiger partial charge in [-0.1, -0.05) is 12.1 Å². The van der Waals surface area contributed by atoms with Crippen LogP contribution in [0.25, 0.3) is 0 Å². The number of nitrogens with one attached hydrogen (secondary N) is 2. The van der Waals surface area contributed by atoms with Crippen molar-refractivity contribution >= 4 is 11.8 Å². The average Bonchev–Trinajstić information content (AvgIpc) is 2.52. The predicted octanol–water partition coefficient (Wildman–Crippen LogP) is 0.897. The highest BCUT2D eigenvalue weighted by atomic mass is 16.5. The molecular formula is C16H24N2O4. The van der Waals surface area contributed by atoms with Crippen molar-refractivity contribution in [2.24, 2.45) is 0 Å². The van der Waals surface area contributed by atoms with Gasteiger partial charge in [0, 0.05) is 26.8 Å². The highest BCUT2D eigenvalue weighted by Gasteiger charge is 2.08. The van der Waals surface area contributed by atoms with Crippen molar-refractivity contribution in [3.63, 3.8) is 0 Å². The zero-order valence-electron chi connectivity index (χ0n) is 13.2. The molecule has 0 saturated carbocycles. The largest absolute Gasteiger partial charge is 0.497 e. The fourth-order valence-corrected chi connectivity index (χ4v) is 1.89. The summed E-state index contributed by atoms with van der Waals surface area (Å²) >= 11 is 0. The Kier molecular flexibility index (Phi) is 8.67. The molecule has 22 heavy (non-hydrogen) atoms. The van der Waals surface area contributed by atoms with Crippen LogP contribution in [0.4, 0.5) is 0 Å². The molecular weight excluding hydrogens is 284 g/mol. The smallest absolute Gasteiger partial charge is 0.229 e. The summed E-state index contributed by atoms with van der Waals surface area (Å²) in [4.78, 5) is 23.1. The van der Waals surface area contributed by atoms with Gasteiger partial charge in [-0.05, 0) is 30.5 Å². The second kappa shape index (κ2) is 10.6. The lowest BCUT2D eigenvalue weighted by Gasteiger charge is -2.07. The second-order valence-electron chi connectivity index (χ2n) is 4.82. The van der Waals surface area contributed by atoms with Crippen LogP contribution in [0, 0.1) is 0 Å². The summed E-state index contributed by atoms with van der Waals surface area (Å²) in [6.07, 6.45) is 1.28. The molecule has 0 heterocycles. The minimum absolute atomic E-state index is 0.148. The zero-order chi connectivity index (χ0) is 16.2. The molecule has 0 unspecified atom stereocenters. The average molecular weight is 308 g/mol. The lowest BCUT2D eigenvalue weighted by molar-refractivity contribution is -0.129. The van der Waals surface area contributed by atoms with Gasteiger partial charge < -0.3 is 20.1 Å². The molecule has 0 atom stereocenters. The molecule has 0 aliphatic heterocycles. The standard InChI is InChI=1S/C16H24N2O4/c1-21-10-4-8-17-15(19)12-16(20)18-9-7-13-5-3-6-14(11-13)22-2/h3,5-6,11H,4,7-10,12H2,1-2H3,(H,17,19)(H,18,20). The Morgan fingerprint density at radius 1 is 1.09 bits per heavy atom. The molecule has 0 aromatic heterocycles. The Hall–Kier alpha value is -2.08. The normalized spacial score (nSPS) is 10.1. The van der Waals surface area contributed by atoms with E-state index in [0.717, 1.165) is 17.7 Å². The van der Waals surface area contributed by atoms with Gasteiger partial charge in [-0.25, -0.2) is 0 Å². The molecule has 0 fully saturated rings. The maximum atomic E-state index is 11.6. The van der Waals surface area contributed by atoms with Crippen molar-refractivity contribution in [1.29, 1.82) is 0 Å². The summed E-state index contributed by atoms with van der Waals surface area (Å²) in [6, 6.07) is 7.67. The number of amides is 2. The van der Waals surface area contributed by atoms with E-state index in [1.807, 2.05) is 24.3 Å². The predicted molar refractivity (Wildman–Crippen MR) is 83.8 cm³/mol. The summed E-state index contributed by atoms with van der Waals surface area (Å²) in [5.41, 5.74) is 1.07. The van der Waals surface area contributed by atoms with E-state index >= 15 is 0 Å². The van der Waals surface area contributed by atoms with E-state index in [1.165, 1.54) is 0 Å². The van der Waals surface area contributed by atoms with Crippen LogP contribution in [0.2, 0.25) is 0 Å². The van der Waals surface area contributed by atoms with Gasteiger partial charge in [-0.15, -0.1) is 0 Å². The number of ether oxygens (including phenoxy) is 2. The van der Waals surface area contributed by atoms with E-state index in [1.54, 1.807) is 14.2 Å². The van der Waals surface area contributed by atoms with Crippen molar-refractivity contribution in [2.75, 3.05) is 33.9 Å². The maximum Gasteiger partial charge on any atom is 0.229 e. The Balaban J connectivity index is 2.18. The van der Waals surface area contributed by atoms with Crippen molar-refractivity contribution in [3.05, 3.63) is 29.8 Å². The summed E-state index contributed by atoms with van der Waals surface area (Å²) in [5, 5.41) is 5.41. The third-order valence-corrected chi connectivity index (χ3v) is 3.04. The van der Waals surface area contributed by atoms with E-state index in [4.69, 9.17) is 9.47 Å². The summed E-state index contributed by atoms with van der Waals surface area (Å²) in [6.45, 7) is 1.60. The minimum Gasteiger partial charge on any atom is -0.497 e. The highest BCUT2D eigenvalue weighted by molar-refractivity contribution is 5.96. The number of rotatable bonds is 10. The third-order valence-electron chi connectivity index (χ3n) is 3.04. The van der Waals surface area contributed by atoms with Crippen LogP contribution >= 0.6 is 0 Å². The monoisotopic (exact) mass is 308 g/mol. The molecule has 0 radical (unpaired) electrons. The van der Waals surface area contributed by atoms with Crippen molar-refractivity contribution < 1.29 is 19.1 Å². The van der Waals surface area contributed by atoms with Crippen LogP contribution in [0.15, 0.2) is 24.3 Å². The number of benzene rings is 1. The van der Waals surface area contributed by atoms with E-state index in [0.29, 0.717) is 26.1 Å². The van der Waals surface area contributed by atoms with Crippen LogP contribution in [0.3, 0.4) is 0 Å². The quantitative estimate of drug-likeness (QED) is 0.497. The minimum atomic E-state index is -0.271. The van der Waals surface area contributed by atoms with Crippen molar-refractivity contribution in [2.45, 2.75) is 19.3 Å². The van der Waals surface area contributed by atoms with Gasteiger partial charge in [-0.3, -0.25) is 9.59 Å². The van der Waals surface area contributed by atoms with Gasteiger partial charge in [0.1, 0.15) is 12.2 Å². The van der Waals surface area contributed by atoms with E-state index in [-0.39, 0.29) is 18.2 Å². The molecule has 0 aliphatic rings. The number of methoxy groups -OCH3 is 2. The molecule has 0 aliphatic carbocycles. The molecule has 0 bridgehead atoms. The second-order valence-corrected chi connectivity index (χ2v) is 4.82. The van der Waals surface area contributed by atoms with Crippen LogP contribution in [-0.4, -0.2) is 45.7 Å². The van der Waals surface area contributed by atoms with Crippen molar-refractivity contribution in [1.82, 2.24) is 10.6 Å². The number of hydrogen-bond donors (Lipinski definition) is 2.